The minimum absolute atomic E-state index is 0.464. The van der Waals surface area contributed by atoms with Crippen LogP contribution in [0, 0.1) is 0 Å². The number of nitrogen functional groups attached to an aromatic ring is 1. The van der Waals surface area contributed by atoms with Crippen LogP contribution in [0.3, 0.4) is 0 Å². The number of anilines is 1. The van der Waals surface area contributed by atoms with E-state index in [-0.39, 0.29) is 0 Å². The van der Waals surface area contributed by atoms with E-state index in [0.29, 0.717) is 26.1 Å². The van der Waals surface area contributed by atoms with Gasteiger partial charge in [-0.25, -0.2) is 0 Å². The van der Waals surface area contributed by atoms with Gasteiger partial charge in [-0.3, -0.25) is 0 Å². The molecule has 0 bridgehead atoms. The molecule has 0 saturated heterocycles. The monoisotopic (exact) mass is 289 g/mol. The molecule has 5 heteroatoms. The fraction of sp³-hybridized carbons (Fsp3) is 0.375. The molecule has 0 aromatic heterocycles. The van der Waals surface area contributed by atoms with Crippen molar-refractivity contribution < 1.29 is 9.47 Å². The number of ether oxygens (including phenoxy) is 2. The molecule has 1 aromatic carbocycles. The van der Waals surface area contributed by atoms with E-state index in [1.54, 1.807) is 7.11 Å². The van der Waals surface area contributed by atoms with Gasteiger partial charge in [-0.2, -0.15) is 0 Å². The van der Waals surface area contributed by atoms with Gasteiger partial charge in [0, 0.05) is 24.9 Å². The van der Waals surface area contributed by atoms with Gasteiger partial charge in [-0.1, -0.05) is 12.1 Å². The van der Waals surface area contributed by atoms with Gasteiger partial charge in [-0.15, -0.1) is 0 Å². The van der Waals surface area contributed by atoms with E-state index in [1.807, 2.05) is 36.4 Å². The number of benzene rings is 1. The zero-order valence-electron chi connectivity index (χ0n) is 12.3. The van der Waals surface area contributed by atoms with Crippen LogP contribution in [-0.4, -0.2) is 25.9 Å². The average Bonchev–Trinajstić information content (AvgIpc) is 2.41. The zero-order valence-corrected chi connectivity index (χ0v) is 12.3. The van der Waals surface area contributed by atoms with Crippen LogP contribution in [0.25, 0.3) is 0 Å². The normalized spacial score (nSPS) is 21.6. The Kier molecular flexibility index (Phi) is 4.88. The van der Waals surface area contributed by atoms with Crippen molar-refractivity contribution in [2.75, 3.05) is 26.1 Å². The first-order valence-electron chi connectivity index (χ1n) is 6.95. The minimum Gasteiger partial charge on any atom is -0.494 e. The fourth-order valence-electron chi connectivity index (χ4n) is 2.50. The van der Waals surface area contributed by atoms with Crippen LogP contribution >= 0.6 is 0 Å². The molecule has 0 fully saturated rings. The lowest BCUT2D eigenvalue weighted by Gasteiger charge is -2.34. The van der Waals surface area contributed by atoms with Gasteiger partial charge < -0.3 is 26.7 Å². The molecule has 1 aromatic rings. The Hall–Kier alpha value is -1.98. The Morgan fingerprint density at radius 3 is 2.71 bits per heavy atom. The molecule has 0 radical (unpaired) electrons. The second kappa shape index (κ2) is 6.65. The lowest BCUT2D eigenvalue weighted by atomic mass is 9.82. The minimum atomic E-state index is -0.652. The van der Waals surface area contributed by atoms with Crippen molar-refractivity contribution in [2.24, 2.45) is 11.5 Å². The van der Waals surface area contributed by atoms with Crippen molar-refractivity contribution in [1.29, 1.82) is 0 Å². The van der Waals surface area contributed by atoms with Crippen molar-refractivity contribution in [1.82, 2.24) is 0 Å². The summed E-state index contributed by atoms with van der Waals surface area (Å²) in [4.78, 5) is 0. The summed E-state index contributed by atoms with van der Waals surface area (Å²) < 4.78 is 10.8. The van der Waals surface area contributed by atoms with Gasteiger partial charge in [0.15, 0.2) is 0 Å². The highest BCUT2D eigenvalue weighted by molar-refractivity contribution is 5.42. The van der Waals surface area contributed by atoms with Gasteiger partial charge in [0.1, 0.15) is 12.4 Å². The van der Waals surface area contributed by atoms with Gasteiger partial charge in [-0.05, 0) is 36.3 Å². The second-order valence-electron chi connectivity index (χ2n) is 5.37. The van der Waals surface area contributed by atoms with E-state index < -0.39 is 5.54 Å². The molecule has 0 amide bonds. The molecule has 0 aliphatic heterocycles. The molecular formula is C16H23N3O2. The fourth-order valence-corrected chi connectivity index (χ4v) is 2.50. The third-order valence-corrected chi connectivity index (χ3v) is 3.47. The summed E-state index contributed by atoms with van der Waals surface area (Å²) in [7, 11) is 1.64. The summed E-state index contributed by atoms with van der Waals surface area (Å²) in [5, 5.41) is 0. The van der Waals surface area contributed by atoms with Crippen LogP contribution in [0.15, 0.2) is 47.9 Å². The number of methoxy groups -OCH3 is 1. The Labute approximate surface area is 125 Å². The van der Waals surface area contributed by atoms with Crippen LogP contribution in [0.5, 0.6) is 0 Å². The van der Waals surface area contributed by atoms with Gasteiger partial charge >= 0.3 is 0 Å². The molecule has 2 rings (SSSR count). The summed E-state index contributed by atoms with van der Waals surface area (Å²) in [6.45, 7) is 0.983. The first-order valence-corrected chi connectivity index (χ1v) is 6.95. The smallest absolute Gasteiger partial charge is 0.117 e. The Bertz CT molecular complexity index is 554. The molecule has 1 atom stereocenters. The van der Waals surface area contributed by atoms with Crippen LogP contribution in [0.2, 0.25) is 0 Å². The van der Waals surface area contributed by atoms with Crippen molar-refractivity contribution in [3.63, 3.8) is 0 Å². The molecular weight excluding hydrogens is 266 g/mol. The molecule has 1 unspecified atom stereocenters. The molecule has 0 heterocycles. The van der Waals surface area contributed by atoms with Gasteiger partial charge in [0.05, 0.1) is 12.1 Å². The number of nitrogens with two attached hydrogens (primary N) is 3. The molecule has 6 N–H and O–H groups in total. The highest BCUT2D eigenvalue weighted by atomic mass is 16.5. The molecule has 21 heavy (non-hydrogen) atoms. The first-order chi connectivity index (χ1) is 10.0. The second-order valence-corrected chi connectivity index (χ2v) is 5.37. The maximum Gasteiger partial charge on any atom is 0.117 e. The highest BCUT2D eigenvalue weighted by Gasteiger charge is 2.34. The van der Waals surface area contributed by atoms with E-state index in [9.17, 15) is 0 Å². The SMILES string of the molecule is COCCOC1=CC=C(N)CC1(N)Cc1cccc(N)c1. The zero-order chi connectivity index (χ0) is 15.3. The van der Waals surface area contributed by atoms with E-state index in [2.05, 4.69) is 0 Å². The Morgan fingerprint density at radius 2 is 2.00 bits per heavy atom. The van der Waals surface area contributed by atoms with Crippen LogP contribution in [0.1, 0.15) is 12.0 Å². The number of hydrogen-bond donors (Lipinski definition) is 3. The highest BCUT2D eigenvalue weighted by Crippen LogP contribution is 2.30. The topological polar surface area (TPSA) is 96.5 Å². The van der Waals surface area contributed by atoms with Gasteiger partial charge in [0.2, 0.25) is 0 Å². The van der Waals surface area contributed by atoms with Crippen LogP contribution in [-0.2, 0) is 15.9 Å². The van der Waals surface area contributed by atoms with Gasteiger partial charge in [0.25, 0.3) is 0 Å². The largest absolute Gasteiger partial charge is 0.494 e. The maximum atomic E-state index is 6.56. The average molecular weight is 289 g/mol. The van der Waals surface area contributed by atoms with Crippen LogP contribution < -0.4 is 17.2 Å². The summed E-state index contributed by atoms with van der Waals surface area (Å²) in [5.74, 6) is 0.733. The van der Waals surface area contributed by atoms with E-state index >= 15 is 0 Å². The van der Waals surface area contributed by atoms with Crippen molar-refractivity contribution in [3.05, 3.63) is 53.4 Å². The van der Waals surface area contributed by atoms with Crippen LogP contribution in [0.4, 0.5) is 5.69 Å². The summed E-state index contributed by atoms with van der Waals surface area (Å²) >= 11 is 0. The van der Waals surface area contributed by atoms with E-state index in [1.165, 1.54) is 0 Å². The van der Waals surface area contributed by atoms with Crippen molar-refractivity contribution in [3.8, 4) is 0 Å². The van der Waals surface area contributed by atoms with Crippen molar-refractivity contribution >= 4 is 5.69 Å². The third kappa shape index (κ3) is 4.00. The predicted molar refractivity (Wildman–Crippen MR) is 84.3 cm³/mol. The van der Waals surface area contributed by atoms with E-state index in [0.717, 1.165) is 22.7 Å². The quantitative estimate of drug-likeness (QED) is 0.542. The number of hydrogen-bond acceptors (Lipinski definition) is 5. The Morgan fingerprint density at radius 1 is 1.19 bits per heavy atom. The van der Waals surface area contributed by atoms with E-state index in [4.69, 9.17) is 26.7 Å². The molecule has 5 nitrogen and oxygen atoms in total. The lowest BCUT2D eigenvalue weighted by molar-refractivity contribution is 0.0897. The number of allylic oxidation sites excluding steroid dienone is 2. The molecule has 1 aliphatic carbocycles. The van der Waals surface area contributed by atoms with Crippen molar-refractivity contribution in [2.45, 2.75) is 18.4 Å². The lowest BCUT2D eigenvalue weighted by Crippen LogP contribution is -2.47. The molecule has 0 spiro atoms. The molecule has 114 valence electrons. The summed E-state index contributed by atoms with van der Waals surface area (Å²) in [6.07, 6.45) is 4.86. The first kappa shape index (κ1) is 15.4. The predicted octanol–water partition coefficient (Wildman–Crippen LogP) is 1.30. The third-order valence-electron chi connectivity index (χ3n) is 3.47. The number of rotatable bonds is 6. The summed E-state index contributed by atoms with van der Waals surface area (Å²) in [6, 6.07) is 7.71. The molecule has 0 saturated carbocycles. The standard InChI is InChI=1S/C16H23N3O2/c1-20-7-8-21-15-6-5-14(18)11-16(15,19)10-12-3-2-4-13(17)9-12/h2-6,9H,7-8,10-11,17-19H2,1H3. The Balaban J connectivity index is 2.16. The summed E-state index contributed by atoms with van der Waals surface area (Å²) in [5.41, 5.74) is 20.2. The maximum absolute atomic E-state index is 6.56. The molecule has 1 aliphatic rings.